The van der Waals surface area contributed by atoms with Crippen LogP contribution in [0.5, 0.6) is 0 Å². The number of benzene rings is 1. The maximum absolute atomic E-state index is 5.96. The van der Waals surface area contributed by atoms with Crippen molar-refractivity contribution in [3.05, 3.63) is 29.3 Å². The number of anilines is 1. The van der Waals surface area contributed by atoms with Gasteiger partial charge in [0.05, 0.1) is 0 Å². The zero-order valence-corrected chi connectivity index (χ0v) is 13.5. The first-order valence-electron chi connectivity index (χ1n) is 8.14. The lowest BCUT2D eigenvalue weighted by molar-refractivity contribution is 0.104. The number of rotatable bonds is 5. The highest BCUT2D eigenvalue weighted by Gasteiger charge is 2.35. The summed E-state index contributed by atoms with van der Waals surface area (Å²) in [4.78, 5) is 5.05. The Balaban J connectivity index is 1.45. The molecule has 1 aromatic carbocycles. The van der Waals surface area contributed by atoms with Gasteiger partial charge >= 0.3 is 0 Å². The summed E-state index contributed by atoms with van der Waals surface area (Å²) < 4.78 is 0. The zero-order valence-electron chi connectivity index (χ0n) is 12.7. The van der Waals surface area contributed by atoms with Gasteiger partial charge in [-0.25, -0.2) is 0 Å². The monoisotopic (exact) mass is 307 g/mol. The van der Waals surface area contributed by atoms with Crippen molar-refractivity contribution in [3.8, 4) is 0 Å². The Kier molecular flexibility index (Phi) is 4.72. The summed E-state index contributed by atoms with van der Waals surface area (Å²) in [5.41, 5.74) is 7.73. The van der Waals surface area contributed by atoms with Gasteiger partial charge in [-0.1, -0.05) is 18.0 Å². The Hall–Kier alpha value is -0.770. The summed E-state index contributed by atoms with van der Waals surface area (Å²) in [5, 5.41) is 0.810. The molecule has 0 aromatic heterocycles. The van der Waals surface area contributed by atoms with Crippen LogP contribution in [-0.4, -0.2) is 44.2 Å². The summed E-state index contributed by atoms with van der Waals surface area (Å²) in [5.74, 6) is 0. The van der Waals surface area contributed by atoms with Crippen molar-refractivity contribution in [1.29, 1.82) is 0 Å². The van der Waals surface area contributed by atoms with E-state index in [1.807, 2.05) is 12.1 Å². The lowest BCUT2D eigenvalue weighted by Gasteiger charge is -2.43. The molecule has 0 amide bonds. The van der Waals surface area contributed by atoms with Gasteiger partial charge in [0.15, 0.2) is 0 Å². The summed E-state index contributed by atoms with van der Waals surface area (Å²) >= 11 is 5.95. The predicted molar refractivity (Wildman–Crippen MR) is 90.1 cm³/mol. The minimum absolute atomic E-state index is 0.479. The number of halogens is 1. The first-order chi connectivity index (χ1) is 10.2. The molecule has 3 rings (SSSR count). The van der Waals surface area contributed by atoms with Gasteiger partial charge in [-0.2, -0.15) is 0 Å². The van der Waals surface area contributed by atoms with E-state index >= 15 is 0 Å². The fourth-order valence-electron chi connectivity index (χ4n) is 3.51. The van der Waals surface area contributed by atoms with Crippen LogP contribution < -0.4 is 10.6 Å². The van der Waals surface area contributed by atoms with E-state index in [1.165, 1.54) is 37.9 Å². The second-order valence-electron chi connectivity index (χ2n) is 6.61. The van der Waals surface area contributed by atoms with Crippen LogP contribution >= 0.6 is 11.6 Å². The topological polar surface area (TPSA) is 32.5 Å². The van der Waals surface area contributed by atoms with Crippen LogP contribution in [0.4, 0.5) is 5.69 Å². The second-order valence-corrected chi connectivity index (χ2v) is 7.05. The van der Waals surface area contributed by atoms with E-state index < -0.39 is 0 Å². The zero-order chi connectivity index (χ0) is 14.7. The van der Waals surface area contributed by atoms with Crippen molar-refractivity contribution in [3.63, 3.8) is 0 Å². The van der Waals surface area contributed by atoms with E-state index in [1.54, 1.807) is 0 Å². The number of piperazine rings is 1. The second kappa shape index (κ2) is 6.55. The molecule has 1 aliphatic heterocycles. The minimum atomic E-state index is 0.479. The van der Waals surface area contributed by atoms with Gasteiger partial charge in [0.2, 0.25) is 0 Å². The molecular formula is C17H26ClN3. The van der Waals surface area contributed by atoms with Crippen LogP contribution in [0.2, 0.25) is 5.02 Å². The van der Waals surface area contributed by atoms with Gasteiger partial charge in [-0.15, -0.1) is 0 Å². The van der Waals surface area contributed by atoms with Crippen molar-refractivity contribution >= 4 is 17.3 Å². The average Bonchev–Trinajstić information content (AvgIpc) is 2.48. The van der Waals surface area contributed by atoms with Crippen LogP contribution in [0.25, 0.3) is 0 Å². The highest BCUT2D eigenvalue weighted by molar-refractivity contribution is 6.30. The van der Waals surface area contributed by atoms with E-state index in [4.69, 9.17) is 17.3 Å². The number of nitrogens with zero attached hydrogens (tertiary/aromatic N) is 2. The van der Waals surface area contributed by atoms with Crippen molar-refractivity contribution in [2.75, 3.05) is 44.2 Å². The molecule has 0 atom stereocenters. The van der Waals surface area contributed by atoms with E-state index in [-0.39, 0.29) is 0 Å². The van der Waals surface area contributed by atoms with Crippen molar-refractivity contribution < 1.29 is 0 Å². The highest BCUT2D eigenvalue weighted by Crippen LogP contribution is 2.43. The third-order valence-electron chi connectivity index (χ3n) is 5.37. The molecule has 2 N–H and O–H groups in total. The molecule has 0 radical (unpaired) electrons. The van der Waals surface area contributed by atoms with Crippen LogP contribution in [0.3, 0.4) is 0 Å². The maximum Gasteiger partial charge on any atom is 0.0407 e. The Labute approximate surface area is 133 Å². The van der Waals surface area contributed by atoms with Crippen LogP contribution in [0.1, 0.15) is 25.7 Å². The smallest absolute Gasteiger partial charge is 0.0407 e. The van der Waals surface area contributed by atoms with E-state index in [2.05, 4.69) is 21.9 Å². The first kappa shape index (κ1) is 15.1. The Morgan fingerprint density at radius 3 is 2.24 bits per heavy atom. The lowest BCUT2D eigenvalue weighted by atomic mass is 9.66. The molecule has 2 fully saturated rings. The summed E-state index contributed by atoms with van der Waals surface area (Å²) in [6, 6.07) is 8.20. The van der Waals surface area contributed by atoms with Gasteiger partial charge in [-0.3, -0.25) is 4.90 Å². The van der Waals surface area contributed by atoms with Gasteiger partial charge < -0.3 is 10.6 Å². The third-order valence-corrected chi connectivity index (χ3v) is 5.62. The number of hydrogen-bond donors (Lipinski definition) is 1. The molecule has 1 aliphatic carbocycles. The van der Waals surface area contributed by atoms with Gasteiger partial charge in [0.25, 0.3) is 0 Å². The normalized spacial score (nSPS) is 22.1. The van der Waals surface area contributed by atoms with Crippen molar-refractivity contribution in [1.82, 2.24) is 4.90 Å². The molecule has 4 heteroatoms. The fourth-order valence-corrected chi connectivity index (χ4v) is 3.64. The molecule has 3 nitrogen and oxygen atoms in total. The number of nitrogens with two attached hydrogens (primary N) is 1. The van der Waals surface area contributed by atoms with Crippen LogP contribution in [-0.2, 0) is 0 Å². The first-order valence-corrected chi connectivity index (χ1v) is 8.52. The van der Waals surface area contributed by atoms with Gasteiger partial charge in [0.1, 0.15) is 0 Å². The van der Waals surface area contributed by atoms with Crippen molar-refractivity contribution in [2.24, 2.45) is 11.1 Å². The maximum atomic E-state index is 5.96. The van der Waals surface area contributed by atoms with Gasteiger partial charge in [-0.05, 0) is 62.0 Å². The molecule has 0 bridgehead atoms. The Morgan fingerprint density at radius 1 is 1.05 bits per heavy atom. The molecule has 21 heavy (non-hydrogen) atoms. The van der Waals surface area contributed by atoms with Crippen LogP contribution in [0.15, 0.2) is 24.3 Å². The fraction of sp³-hybridized carbons (Fsp3) is 0.647. The molecule has 1 aromatic rings. The molecule has 0 unspecified atom stereocenters. The minimum Gasteiger partial charge on any atom is -0.369 e. The predicted octanol–water partition coefficient (Wildman–Crippen LogP) is 2.98. The van der Waals surface area contributed by atoms with E-state index in [0.717, 1.165) is 37.7 Å². The molecule has 116 valence electrons. The molecule has 1 saturated heterocycles. The SMILES string of the molecule is NCC1(CCN2CCN(c3ccc(Cl)cc3)CC2)CCC1. The Bertz CT molecular complexity index is 442. The standard InChI is InChI=1S/C17H26ClN3/c18-15-2-4-16(5-3-15)21-12-10-20(11-13-21)9-8-17(14-19)6-1-7-17/h2-5H,1,6-14,19H2. The molecule has 2 aliphatic rings. The van der Waals surface area contributed by atoms with E-state index in [9.17, 15) is 0 Å². The summed E-state index contributed by atoms with van der Waals surface area (Å²) in [6.07, 6.45) is 5.34. The molecular weight excluding hydrogens is 282 g/mol. The largest absolute Gasteiger partial charge is 0.369 e. The third kappa shape index (κ3) is 3.53. The number of hydrogen-bond acceptors (Lipinski definition) is 3. The average molecular weight is 308 g/mol. The Morgan fingerprint density at radius 2 is 1.71 bits per heavy atom. The summed E-state index contributed by atoms with van der Waals surface area (Å²) in [6.45, 7) is 6.62. The van der Waals surface area contributed by atoms with Crippen molar-refractivity contribution in [2.45, 2.75) is 25.7 Å². The lowest BCUT2D eigenvalue weighted by Crippen LogP contribution is -2.48. The highest BCUT2D eigenvalue weighted by atomic mass is 35.5. The van der Waals surface area contributed by atoms with Gasteiger partial charge in [0, 0.05) is 36.9 Å². The molecule has 0 spiro atoms. The van der Waals surface area contributed by atoms with E-state index in [0.29, 0.717) is 5.41 Å². The molecule has 1 saturated carbocycles. The van der Waals surface area contributed by atoms with Crippen LogP contribution in [0, 0.1) is 5.41 Å². The quantitative estimate of drug-likeness (QED) is 0.907. The summed E-state index contributed by atoms with van der Waals surface area (Å²) in [7, 11) is 0. The molecule has 1 heterocycles.